The Morgan fingerprint density at radius 3 is 2.42 bits per heavy atom. The van der Waals surface area contributed by atoms with Gasteiger partial charge >= 0.3 is 12.1 Å². The predicted molar refractivity (Wildman–Crippen MR) is 62.5 cm³/mol. The van der Waals surface area contributed by atoms with Crippen LogP contribution in [0.1, 0.15) is 11.1 Å². The number of alkyl halides is 3. The van der Waals surface area contributed by atoms with Crippen molar-refractivity contribution in [2.24, 2.45) is 0 Å². The molecule has 0 radical (unpaired) electrons. The van der Waals surface area contributed by atoms with E-state index in [2.05, 4.69) is 15.9 Å². The van der Waals surface area contributed by atoms with Gasteiger partial charge in [-0.3, -0.25) is 10.1 Å². The molecule has 19 heavy (non-hydrogen) atoms. The molecule has 0 aliphatic rings. The number of hydrogen-bond donors (Lipinski definition) is 1. The number of non-ortho nitro benzene ring substituents is 1. The van der Waals surface area contributed by atoms with E-state index < -0.39 is 32.8 Å². The van der Waals surface area contributed by atoms with Crippen molar-refractivity contribution in [3.63, 3.8) is 0 Å². The van der Waals surface area contributed by atoms with Gasteiger partial charge in [-0.1, -0.05) is 0 Å². The van der Waals surface area contributed by atoms with Crippen LogP contribution in [0.15, 0.2) is 22.7 Å². The minimum absolute atomic E-state index is 0.246. The van der Waals surface area contributed by atoms with E-state index in [1.165, 1.54) is 0 Å². The summed E-state index contributed by atoms with van der Waals surface area (Å²) >= 11 is 2.66. The van der Waals surface area contributed by atoms with Gasteiger partial charge in [0.2, 0.25) is 0 Å². The Morgan fingerprint density at radius 1 is 1.42 bits per heavy atom. The summed E-state index contributed by atoms with van der Waals surface area (Å²) in [5, 5.41) is 19.0. The van der Waals surface area contributed by atoms with Gasteiger partial charge in [0.05, 0.1) is 10.5 Å². The highest BCUT2D eigenvalue weighted by molar-refractivity contribution is 9.10. The smallest absolute Gasteiger partial charge is 0.417 e. The van der Waals surface area contributed by atoms with E-state index in [0.717, 1.165) is 12.1 Å². The van der Waals surface area contributed by atoms with Crippen LogP contribution in [-0.2, 0) is 11.0 Å². The number of rotatable bonds is 3. The van der Waals surface area contributed by atoms with E-state index in [1.807, 2.05) is 0 Å². The Morgan fingerprint density at radius 2 is 2.00 bits per heavy atom. The summed E-state index contributed by atoms with van der Waals surface area (Å²) in [5.74, 6) is -1.38. The van der Waals surface area contributed by atoms with Crippen LogP contribution in [0, 0.1) is 10.1 Å². The average molecular weight is 340 g/mol. The second-order valence-corrected chi connectivity index (χ2v) is 4.12. The summed E-state index contributed by atoms with van der Waals surface area (Å²) in [6.45, 7) is 0. The third kappa shape index (κ3) is 3.78. The molecule has 9 heteroatoms. The van der Waals surface area contributed by atoms with Gasteiger partial charge in [0, 0.05) is 22.7 Å². The fourth-order valence-electron chi connectivity index (χ4n) is 1.23. The summed E-state index contributed by atoms with van der Waals surface area (Å²) in [4.78, 5) is 19.9. The number of carboxylic acid groups (broad SMARTS) is 1. The average Bonchev–Trinajstić information content (AvgIpc) is 2.25. The van der Waals surface area contributed by atoms with Crippen molar-refractivity contribution < 1.29 is 28.0 Å². The van der Waals surface area contributed by atoms with Crippen LogP contribution in [-0.4, -0.2) is 16.0 Å². The van der Waals surface area contributed by atoms with E-state index in [4.69, 9.17) is 5.11 Å². The van der Waals surface area contributed by atoms with Gasteiger partial charge in [-0.15, -0.1) is 0 Å². The number of nitro benzene ring substituents is 1. The number of carboxylic acids is 1. The monoisotopic (exact) mass is 339 g/mol. The molecular formula is C10H5BrF3NO4. The molecule has 0 aromatic heterocycles. The Labute approximate surface area is 112 Å². The van der Waals surface area contributed by atoms with Crippen LogP contribution in [0.4, 0.5) is 18.9 Å². The third-order valence-electron chi connectivity index (χ3n) is 2.01. The molecule has 0 aliphatic heterocycles. The van der Waals surface area contributed by atoms with Gasteiger partial charge in [0.25, 0.3) is 5.69 Å². The Kier molecular flexibility index (Phi) is 4.30. The molecule has 0 amide bonds. The maximum Gasteiger partial charge on any atom is 0.417 e. The number of halogens is 4. The number of aliphatic carboxylic acids is 1. The number of carbonyl (C=O) groups is 1. The van der Waals surface area contributed by atoms with Crippen LogP contribution in [0.3, 0.4) is 0 Å². The minimum atomic E-state index is -4.79. The van der Waals surface area contributed by atoms with Crippen molar-refractivity contribution in [1.29, 1.82) is 0 Å². The second kappa shape index (κ2) is 5.39. The highest BCUT2D eigenvalue weighted by Gasteiger charge is 2.35. The standard InChI is InChI=1S/C10H5BrF3NO4/c11-9-5(1-2-8(16)17)3-6(15(18)19)4-7(9)10(12,13)14/h1-4H,(H,16,17)/b2-1+. The molecular weight excluding hydrogens is 335 g/mol. The molecule has 0 bridgehead atoms. The number of nitrogens with zero attached hydrogens (tertiary/aromatic N) is 1. The van der Waals surface area contributed by atoms with Crippen molar-refractivity contribution in [2.75, 3.05) is 0 Å². The number of nitro groups is 1. The first-order chi connectivity index (χ1) is 8.62. The molecule has 0 heterocycles. The summed E-state index contributed by atoms with van der Waals surface area (Å²) in [7, 11) is 0. The largest absolute Gasteiger partial charge is 0.478 e. The van der Waals surface area contributed by atoms with Crippen molar-refractivity contribution in [3.8, 4) is 0 Å². The summed E-state index contributed by atoms with van der Waals surface area (Å²) < 4.78 is 37.6. The van der Waals surface area contributed by atoms with Gasteiger partial charge in [-0.05, 0) is 27.6 Å². The van der Waals surface area contributed by atoms with E-state index in [1.54, 1.807) is 0 Å². The molecule has 0 saturated heterocycles. The first-order valence-corrected chi connectivity index (χ1v) is 5.38. The molecule has 0 atom stereocenters. The molecule has 1 N–H and O–H groups in total. The summed E-state index contributed by atoms with van der Waals surface area (Å²) in [6.07, 6.45) is -3.37. The molecule has 5 nitrogen and oxygen atoms in total. The zero-order chi connectivity index (χ0) is 14.8. The molecule has 1 aromatic carbocycles. The first kappa shape index (κ1) is 15.2. The molecule has 0 unspecified atom stereocenters. The third-order valence-corrected chi connectivity index (χ3v) is 2.89. The van der Waals surface area contributed by atoms with E-state index in [0.29, 0.717) is 12.1 Å². The van der Waals surface area contributed by atoms with Gasteiger partial charge in [-0.2, -0.15) is 13.2 Å². The lowest BCUT2D eigenvalue weighted by Crippen LogP contribution is -2.08. The van der Waals surface area contributed by atoms with Crippen molar-refractivity contribution >= 4 is 33.7 Å². The van der Waals surface area contributed by atoms with Crippen molar-refractivity contribution in [3.05, 3.63) is 43.9 Å². The maximum absolute atomic E-state index is 12.7. The minimum Gasteiger partial charge on any atom is -0.478 e. The molecule has 0 spiro atoms. The highest BCUT2D eigenvalue weighted by atomic mass is 79.9. The van der Waals surface area contributed by atoms with E-state index in [-0.39, 0.29) is 5.56 Å². The highest BCUT2D eigenvalue weighted by Crippen LogP contribution is 2.39. The quantitative estimate of drug-likeness (QED) is 0.519. The molecule has 102 valence electrons. The number of hydrogen-bond acceptors (Lipinski definition) is 3. The van der Waals surface area contributed by atoms with Crippen LogP contribution in [0.2, 0.25) is 0 Å². The lowest BCUT2D eigenvalue weighted by molar-refractivity contribution is -0.385. The Balaban J connectivity index is 3.50. The zero-order valence-corrected chi connectivity index (χ0v) is 10.5. The topological polar surface area (TPSA) is 80.4 Å². The lowest BCUT2D eigenvalue weighted by atomic mass is 10.1. The van der Waals surface area contributed by atoms with Gasteiger partial charge in [-0.25, -0.2) is 4.79 Å². The molecule has 1 rings (SSSR count). The van der Waals surface area contributed by atoms with E-state index >= 15 is 0 Å². The lowest BCUT2D eigenvalue weighted by Gasteiger charge is -2.10. The maximum atomic E-state index is 12.7. The second-order valence-electron chi connectivity index (χ2n) is 3.32. The Hall–Kier alpha value is -1.90. The predicted octanol–water partition coefficient (Wildman–Crippen LogP) is 3.47. The van der Waals surface area contributed by atoms with Crippen LogP contribution < -0.4 is 0 Å². The summed E-state index contributed by atoms with van der Waals surface area (Å²) in [6, 6.07) is 1.22. The SMILES string of the molecule is O=C(O)/C=C/c1cc([N+](=O)[O-])cc(C(F)(F)F)c1Br. The first-order valence-electron chi connectivity index (χ1n) is 4.59. The normalized spacial score (nSPS) is 11.8. The fourth-order valence-corrected chi connectivity index (χ4v) is 1.81. The van der Waals surface area contributed by atoms with Crippen molar-refractivity contribution in [2.45, 2.75) is 6.18 Å². The van der Waals surface area contributed by atoms with Crippen LogP contribution in [0.25, 0.3) is 6.08 Å². The van der Waals surface area contributed by atoms with E-state index in [9.17, 15) is 28.1 Å². The van der Waals surface area contributed by atoms with Gasteiger partial charge in [0.15, 0.2) is 0 Å². The van der Waals surface area contributed by atoms with Gasteiger partial charge < -0.3 is 5.11 Å². The molecule has 0 fully saturated rings. The number of benzene rings is 1. The molecule has 0 aliphatic carbocycles. The van der Waals surface area contributed by atoms with Crippen LogP contribution >= 0.6 is 15.9 Å². The van der Waals surface area contributed by atoms with Crippen molar-refractivity contribution in [1.82, 2.24) is 0 Å². The molecule has 1 aromatic rings. The van der Waals surface area contributed by atoms with Crippen LogP contribution in [0.5, 0.6) is 0 Å². The fraction of sp³-hybridized carbons (Fsp3) is 0.100. The van der Waals surface area contributed by atoms with Gasteiger partial charge in [0.1, 0.15) is 0 Å². The Bertz CT molecular complexity index is 569. The zero-order valence-electron chi connectivity index (χ0n) is 8.94. The molecule has 0 saturated carbocycles. The summed E-state index contributed by atoms with van der Waals surface area (Å²) in [5.41, 5.74) is -2.27.